The minimum Gasteiger partial charge on any atom is -0.384 e. The monoisotopic (exact) mass is 262 g/mol. The number of nitrogens with two attached hydrogens (primary N) is 1. The first-order chi connectivity index (χ1) is 8.66. The van der Waals surface area contributed by atoms with Gasteiger partial charge in [-0.05, 0) is 12.1 Å². The minimum atomic E-state index is -0.522. The molecule has 0 bridgehead atoms. The summed E-state index contributed by atoms with van der Waals surface area (Å²) < 4.78 is 0. The number of aromatic nitrogens is 2. The highest BCUT2D eigenvalue weighted by molar-refractivity contribution is 7.09. The Labute approximate surface area is 109 Å². The zero-order chi connectivity index (χ0) is 13.0. The first-order valence-electron chi connectivity index (χ1n) is 5.56. The summed E-state index contributed by atoms with van der Waals surface area (Å²) in [6, 6.07) is 3.46. The molecule has 0 radical (unpaired) electrons. The maximum absolute atomic E-state index is 11.0. The molecule has 0 saturated heterocycles. The van der Waals surface area contributed by atoms with Crippen LogP contribution in [0.25, 0.3) is 0 Å². The minimum absolute atomic E-state index is 0.266. The van der Waals surface area contributed by atoms with Crippen LogP contribution < -0.4 is 11.1 Å². The van der Waals surface area contributed by atoms with E-state index in [-0.39, 0.29) is 5.69 Å². The van der Waals surface area contributed by atoms with Crippen molar-refractivity contribution in [3.8, 4) is 0 Å². The number of hydrogen-bond donors (Lipinski definition) is 2. The highest BCUT2D eigenvalue weighted by Crippen LogP contribution is 2.18. The van der Waals surface area contributed by atoms with Crippen LogP contribution in [-0.2, 0) is 0 Å². The van der Waals surface area contributed by atoms with Crippen LogP contribution in [0, 0.1) is 0 Å². The molecule has 0 spiro atoms. The van der Waals surface area contributed by atoms with Gasteiger partial charge in [0.25, 0.3) is 5.91 Å². The van der Waals surface area contributed by atoms with Crippen LogP contribution in [0.3, 0.4) is 0 Å². The van der Waals surface area contributed by atoms with Gasteiger partial charge in [0.05, 0.1) is 5.01 Å². The fraction of sp³-hybridized carbons (Fsp3) is 0.250. The molecule has 1 atom stereocenters. The fourth-order valence-electron chi connectivity index (χ4n) is 1.51. The van der Waals surface area contributed by atoms with E-state index in [1.54, 1.807) is 35.9 Å². The number of thiazole rings is 1. The van der Waals surface area contributed by atoms with Crippen molar-refractivity contribution in [1.29, 1.82) is 0 Å². The number of carbonyl (C=O) groups excluding carboxylic acids is 1. The molecule has 2 heterocycles. The number of nitrogens with one attached hydrogen (secondary N) is 1. The van der Waals surface area contributed by atoms with E-state index in [4.69, 9.17) is 5.73 Å². The second-order valence-corrected chi connectivity index (χ2v) is 4.87. The van der Waals surface area contributed by atoms with Crippen molar-refractivity contribution in [3.63, 3.8) is 0 Å². The standard InChI is InChI=1S/C12H14N4OS/c1-8(12-15-4-5-18-12)7-16-9-2-3-14-10(6-9)11(13)17/h2-6,8H,7H2,1H3,(H2,13,17)(H,14,16). The number of amides is 1. The Hall–Kier alpha value is -1.95. The van der Waals surface area contributed by atoms with Crippen LogP contribution in [-0.4, -0.2) is 22.4 Å². The molecule has 0 fully saturated rings. The SMILES string of the molecule is CC(CNc1ccnc(C(N)=O)c1)c1nccs1. The first-order valence-corrected chi connectivity index (χ1v) is 6.44. The van der Waals surface area contributed by atoms with Crippen molar-refractivity contribution in [2.75, 3.05) is 11.9 Å². The van der Waals surface area contributed by atoms with Gasteiger partial charge in [-0.2, -0.15) is 0 Å². The fourth-order valence-corrected chi connectivity index (χ4v) is 2.21. The number of rotatable bonds is 5. The molecule has 2 aromatic heterocycles. The smallest absolute Gasteiger partial charge is 0.267 e. The Morgan fingerprint density at radius 3 is 3.00 bits per heavy atom. The second kappa shape index (κ2) is 5.59. The molecule has 0 saturated carbocycles. The molecule has 94 valence electrons. The van der Waals surface area contributed by atoms with E-state index in [0.29, 0.717) is 5.92 Å². The van der Waals surface area contributed by atoms with Gasteiger partial charge < -0.3 is 11.1 Å². The lowest BCUT2D eigenvalue weighted by molar-refractivity contribution is 0.0995. The molecular weight excluding hydrogens is 248 g/mol. The zero-order valence-corrected chi connectivity index (χ0v) is 10.8. The van der Waals surface area contributed by atoms with Crippen LogP contribution in [0.5, 0.6) is 0 Å². The lowest BCUT2D eigenvalue weighted by atomic mass is 10.2. The highest BCUT2D eigenvalue weighted by atomic mass is 32.1. The number of hydrogen-bond acceptors (Lipinski definition) is 5. The molecule has 1 amide bonds. The van der Waals surface area contributed by atoms with Gasteiger partial charge in [-0.3, -0.25) is 9.78 Å². The number of anilines is 1. The van der Waals surface area contributed by atoms with Crippen LogP contribution in [0.15, 0.2) is 29.9 Å². The molecule has 3 N–H and O–H groups in total. The van der Waals surface area contributed by atoms with Gasteiger partial charge in [-0.1, -0.05) is 6.92 Å². The van der Waals surface area contributed by atoms with E-state index in [0.717, 1.165) is 17.2 Å². The molecular formula is C12H14N4OS. The van der Waals surface area contributed by atoms with Gasteiger partial charge >= 0.3 is 0 Å². The number of carbonyl (C=O) groups is 1. The van der Waals surface area contributed by atoms with Crippen LogP contribution in [0.1, 0.15) is 28.3 Å². The van der Waals surface area contributed by atoms with Gasteiger partial charge in [0.2, 0.25) is 0 Å². The Balaban J connectivity index is 1.98. The molecule has 0 aliphatic rings. The predicted octanol–water partition coefficient (Wildman–Crippen LogP) is 1.85. The maximum atomic E-state index is 11.0. The Morgan fingerprint density at radius 2 is 2.33 bits per heavy atom. The van der Waals surface area contributed by atoms with Crippen LogP contribution >= 0.6 is 11.3 Å². The van der Waals surface area contributed by atoms with E-state index in [1.165, 1.54) is 0 Å². The third-order valence-corrected chi connectivity index (χ3v) is 3.50. The van der Waals surface area contributed by atoms with Gasteiger partial charge in [0.1, 0.15) is 5.69 Å². The molecule has 2 rings (SSSR count). The molecule has 0 aliphatic carbocycles. The largest absolute Gasteiger partial charge is 0.384 e. The Morgan fingerprint density at radius 1 is 1.50 bits per heavy atom. The lowest BCUT2D eigenvalue weighted by Crippen LogP contribution is -2.14. The molecule has 5 nitrogen and oxygen atoms in total. The zero-order valence-electron chi connectivity index (χ0n) is 9.96. The van der Waals surface area contributed by atoms with Crippen molar-refractivity contribution in [3.05, 3.63) is 40.6 Å². The molecule has 2 aromatic rings. The summed E-state index contributed by atoms with van der Waals surface area (Å²) in [6.45, 7) is 2.84. The van der Waals surface area contributed by atoms with E-state index in [9.17, 15) is 4.79 Å². The normalized spacial score (nSPS) is 12.1. The summed E-state index contributed by atoms with van der Waals surface area (Å²) in [5.74, 6) is -0.207. The van der Waals surface area contributed by atoms with Crippen molar-refractivity contribution in [2.24, 2.45) is 5.73 Å². The van der Waals surface area contributed by atoms with Gasteiger partial charge in [0, 0.05) is 35.9 Å². The summed E-state index contributed by atoms with van der Waals surface area (Å²) in [7, 11) is 0. The quantitative estimate of drug-likeness (QED) is 0.861. The van der Waals surface area contributed by atoms with E-state index in [2.05, 4.69) is 22.2 Å². The number of nitrogens with zero attached hydrogens (tertiary/aromatic N) is 2. The Kier molecular flexibility index (Phi) is 3.88. The first kappa shape index (κ1) is 12.5. The molecule has 6 heteroatoms. The van der Waals surface area contributed by atoms with Crippen molar-refractivity contribution in [2.45, 2.75) is 12.8 Å². The van der Waals surface area contributed by atoms with Crippen LogP contribution in [0.4, 0.5) is 5.69 Å². The van der Waals surface area contributed by atoms with E-state index >= 15 is 0 Å². The molecule has 0 aliphatic heterocycles. The van der Waals surface area contributed by atoms with Crippen molar-refractivity contribution >= 4 is 22.9 Å². The molecule has 18 heavy (non-hydrogen) atoms. The Bertz CT molecular complexity index is 527. The second-order valence-electron chi connectivity index (χ2n) is 3.95. The molecule has 1 unspecified atom stereocenters. The third kappa shape index (κ3) is 3.04. The maximum Gasteiger partial charge on any atom is 0.267 e. The highest BCUT2D eigenvalue weighted by Gasteiger charge is 2.08. The van der Waals surface area contributed by atoms with Crippen molar-refractivity contribution in [1.82, 2.24) is 9.97 Å². The van der Waals surface area contributed by atoms with Crippen molar-refractivity contribution < 1.29 is 4.79 Å². The molecule has 0 aromatic carbocycles. The van der Waals surface area contributed by atoms with Gasteiger partial charge in [-0.25, -0.2) is 4.98 Å². The number of pyridine rings is 1. The summed E-state index contributed by atoms with van der Waals surface area (Å²) >= 11 is 1.64. The third-order valence-electron chi connectivity index (χ3n) is 2.50. The van der Waals surface area contributed by atoms with E-state index < -0.39 is 5.91 Å². The van der Waals surface area contributed by atoms with Gasteiger partial charge in [0.15, 0.2) is 0 Å². The summed E-state index contributed by atoms with van der Waals surface area (Å²) in [5, 5.41) is 6.30. The average Bonchev–Trinajstić information content (AvgIpc) is 2.90. The topological polar surface area (TPSA) is 80.9 Å². The number of primary amides is 1. The average molecular weight is 262 g/mol. The summed E-state index contributed by atoms with van der Waals surface area (Å²) in [4.78, 5) is 19.2. The summed E-state index contributed by atoms with van der Waals surface area (Å²) in [5.41, 5.74) is 6.28. The predicted molar refractivity (Wildman–Crippen MR) is 71.8 cm³/mol. The van der Waals surface area contributed by atoms with Crippen LogP contribution in [0.2, 0.25) is 0 Å². The lowest BCUT2D eigenvalue weighted by Gasteiger charge is -2.11. The van der Waals surface area contributed by atoms with E-state index in [1.807, 2.05) is 5.38 Å². The summed E-state index contributed by atoms with van der Waals surface area (Å²) in [6.07, 6.45) is 3.37. The van der Waals surface area contributed by atoms with Gasteiger partial charge in [-0.15, -0.1) is 11.3 Å².